The van der Waals surface area contributed by atoms with E-state index in [9.17, 15) is 5.26 Å². The van der Waals surface area contributed by atoms with Crippen LogP contribution in [-0.4, -0.2) is 15.0 Å². The molecule has 5 heteroatoms. The van der Waals surface area contributed by atoms with E-state index in [1.807, 2.05) is 30.3 Å². The van der Waals surface area contributed by atoms with Crippen LogP contribution in [0.1, 0.15) is 11.1 Å². The Bertz CT molecular complexity index is 921. The molecule has 2 aromatic carbocycles. The van der Waals surface area contributed by atoms with E-state index < -0.39 is 0 Å². The smallest absolute Gasteiger partial charge is 0.145 e. The third-order valence-corrected chi connectivity index (χ3v) is 3.01. The molecule has 0 saturated heterocycles. The van der Waals surface area contributed by atoms with Crippen molar-refractivity contribution in [3.63, 3.8) is 0 Å². The Morgan fingerprint density at radius 3 is 2.76 bits per heavy atom. The summed E-state index contributed by atoms with van der Waals surface area (Å²) in [6.07, 6.45) is 1.68. The van der Waals surface area contributed by atoms with E-state index in [1.165, 1.54) is 4.68 Å². The molecule has 0 radical (unpaired) electrons. The van der Waals surface area contributed by atoms with Crippen molar-refractivity contribution in [3.8, 4) is 12.1 Å². The molecule has 0 spiro atoms. The second-order valence-electron chi connectivity index (χ2n) is 4.37. The molecule has 0 aliphatic heterocycles. The molecule has 0 unspecified atom stereocenters. The maximum absolute atomic E-state index is 9.37. The number of para-hydroxylation sites is 1. The number of allylic oxidation sites excluding steroid dienone is 1. The van der Waals surface area contributed by atoms with Crippen molar-refractivity contribution in [2.75, 3.05) is 0 Å². The quantitative estimate of drug-likeness (QED) is 0.671. The molecule has 0 atom stereocenters. The minimum Gasteiger partial charge on any atom is -0.202 e. The fourth-order valence-electron chi connectivity index (χ4n) is 2.04. The molecule has 1 heterocycles. The number of aromatic nitrogens is 3. The standard InChI is InChI=1S/C16H9N5/c17-10-13-5-3-4-12(8-13)9-14(11-18)21-16-7-2-1-6-15(16)19-20-21/h1-9H/b14-9+. The highest BCUT2D eigenvalue weighted by molar-refractivity contribution is 5.86. The molecular formula is C16H9N5. The topological polar surface area (TPSA) is 78.3 Å². The van der Waals surface area contributed by atoms with Crippen LogP contribution in [-0.2, 0) is 0 Å². The first-order chi connectivity index (χ1) is 10.3. The molecule has 0 saturated carbocycles. The number of nitrogens with zero attached hydrogens (tertiary/aromatic N) is 5. The minimum atomic E-state index is 0.346. The number of fused-ring (bicyclic) bond motifs is 1. The van der Waals surface area contributed by atoms with E-state index in [-0.39, 0.29) is 0 Å². The van der Waals surface area contributed by atoms with E-state index in [0.717, 1.165) is 16.6 Å². The zero-order valence-corrected chi connectivity index (χ0v) is 10.9. The molecule has 0 amide bonds. The summed E-state index contributed by atoms with van der Waals surface area (Å²) in [7, 11) is 0. The van der Waals surface area contributed by atoms with Gasteiger partial charge < -0.3 is 0 Å². The van der Waals surface area contributed by atoms with Crippen LogP contribution >= 0.6 is 0 Å². The lowest BCUT2D eigenvalue weighted by atomic mass is 10.1. The molecule has 98 valence electrons. The molecule has 0 aliphatic rings. The lowest BCUT2D eigenvalue weighted by Gasteiger charge is -2.00. The van der Waals surface area contributed by atoms with Crippen molar-refractivity contribution in [1.29, 1.82) is 10.5 Å². The van der Waals surface area contributed by atoms with Crippen molar-refractivity contribution in [2.45, 2.75) is 0 Å². The third kappa shape index (κ3) is 2.36. The van der Waals surface area contributed by atoms with Gasteiger partial charge in [-0.3, -0.25) is 0 Å². The molecule has 0 aliphatic carbocycles. The molecule has 0 fully saturated rings. The van der Waals surface area contributed by atoms with Gasteiger partial charge in [-0.25, -0.2) is 4.68 Å². The molecule has 5 nitrogen and oxygen atoms in total. The third-order valence-electron chi connectivity index (χ3n) is 3.01. The fraction of sp³-hybridized carbons (Fsp3) is 0. The summed E-state index contributed by atoms with van der Waals surface area (Å²) < 4.78 is 1.49. The van der Waals surface area contributed by atoms with Crippen molar-refractivity contribution in [2.24, 2.45) is 0 Å². The Kier molecular flexibility index (Phi) is 3.16. The van der Waals surface area contributed by atoms with Gasteiger partial charge in [0.2, 0.25) is 0 Å². The summed E-state index contributed by atoms with van der Waals surface area (Å²) in [5.41, 5.74) is 3.15. The summed E-state index contributed by atoms with van der Waals surface area (Å²) in [6.45, 7) is 0. The van der Waals surface area contributed by atoms with Gasteiger partial charge in [-0.1, -0.05) is 29.5 Å². The second-order valence-corrected chi connectivity index (χ2v) is 4.37. The first-order valence-electron chi connectivity index (χ1n) is 6.24. The summed E-state index contributed by atoms with van der Waals surface area (Å²) >= 11 is 0. The highest BCUT2D eigenvalue weighted by atomic mass is 15.4. The van der Waals surface area contributed by atoms with E-state index in [4.69, 9.17) is 5.26 Å². The molecular weight excluding hydrogens is 262 g/mol. The molecule has 0 bridgehead atoms. The van der Waals surface area contributed by atoms with Gasteiger partial charge in [0, 0.05) is 0 Å². The van der Waals surface area contributed by atoms with Crippen molar-refractivity contribution < 1.29 is 0 Å². The van der Waals surface area contributed by atoms with Crippen molar-refractivity contribution >= 4 is 22.8 Å². The van der Waals surface area contributed by atoms with Crippen LogP contribution in [0.3, 0.4) is 0 Å². The van der Waals surface area contributed by atoms with Crippen molar-refractivity contribution in [3.05, 3.63) is 59.7 Å². The lowest BCUT2D eigenvalue weighted by Crippen LogP contribution is -1.97. The lowest BCUT2D eigenvalue weighted by molar-refractivity contribution is 0.848. The van der Waals surface area contributed by atoms with Crippen LogP contribution in [0.15, 0.2) is 48.5 Å². The van der Waals surface area contributed by atoms with E-state index in [2.05, 4.69) is 22.5 Å². The van der Waals surface area contributed by atoms with Gasteiger partial charge in [0.05, 0.1) is 17.1 Å². The average molecular weight is 271 g/mol. The number of hydrogen-bond donors (Lipinski definition) is 0. The maximum Gasteiger partial charge on any atom is 0.145 e. The largest absolute Gasteiger partial charge is 0.202 e. The summed E-state index contributed by atoms with van der Waals surface area (Å²) in [5, 5.41) is 26.3. The van der Waals surface area contributed by atoms with Gasteiger partial charge in [0.1, 0.15) is 17.3 Å². The van der Waals surface area contributed by atoms with Crippen LogP contribution in [0.5, 0.6) is 0 Å². The van der Waals surface area contributed by atoms with Gasteiger partial charge in [-0.2, -0.15) is 10.5 Å². The minimum absolute atomic E-state index is 0.346. The molecule has 21 heavy (non-hydrogen) atoms. The Hall–Kier alpha value is -3.44. The van der Waals surface area contributed by atoms with Crippen LogP contribution in [0.4, 0.5) is 0 Å². The first kappa shape index (κ1) is 12.6. The monoisotopic (exact) mass is 271 g/mol. The normalized spacial score (nSPS) is 11.0. The van der Waals surface area contributed by atoms with Gasteiger partial charge in [0.15, 0.2) is 0 Å². The Balaban J connectivity index is 2.12. The number of rotatable bonds is 2. The predicted octanol–water partition coefficient (Wildman–Crippen LogP) is 2.82. The van der Waals surface area contributed by atoms with Crippen LogP contribution in [0.25, 0.3) is 22.8 Å². The van der Waals surface area contributed by atoms with Crippen LogP contribution in [0, 0.1) is 22.7 Å². The van der Waals surface area contributed by atoms with Crippen molar-refractivity contribution in [1.82, 2.24) is 15.0 Å². The molecule has 1 aromatic heterocycles. The Morgan fingerprint density at radius 2 is 1.95 bits per heavy atom. The number of benzene rings is 2. The second kappa shape index (κ2) is 5.28. The average Bonchev–Trinajstić information content (AvgIpc) is 2.97. The zero-order valence-electron chi connectivity index (χ0n) is 10.9. The van der Waals surface area contributed by atoms with E-state index in [1.54, 1.807) is 24.3 Å². The van der Waals surface area contributed by atoms with E-state index in [0.29, 0.717) is 11.3 Å². The highest BCUT2D eigenvalue weighted by Gasteiger charge is 2.08. The summed E-state index contributed by atoms with van der Waals surface area (Å²) in [6, 6.07) is 18.7. The summed E-state index contributed by atoms with van der Waals surface area (Å²) in [5.74, 6) is 0. The van der Waals surface area contributed by atoms with E-state index >= 15 is 0 Å². The van der Waals surface area contributed by atoms with Crippen LogP contribution < -0.4 is 0 Å². The van der Waals surface area contributed by atoms with Crippen LogP contribution in [0.2, 0.25) is 0 Å². The maximum atomic E-state index is 9.37. The SMILES string of the molecule is N#C/C(=C\c1cccc(C#N)c1)n1nnc2ccccc21. The first-order valence-corrected chi connectivity index (χ1v) is 6.24. The zero-order chi connectivity index (χ0) is 14.7. The summed E-state index contributed by atoms with van der Waals surface area (Å²) in [4.78, 5) is 0. The molecule has 0 N–H and O–H groups in total. The number of hydrogen-bond acceptors (Lipinski definition) is 4. The fourth-order valence-corrected chi connectivity index (χ4v) is 2.04. The molecule has 3 rings (SSSR count). The highest BCUT2D eigenvalue weighted by Crippen LogP contribution is 2.17. The number of nitriles is 2. The van der Waals surface area contributed by atoms with Gasteiger partial charge >= 0.3 is 0 Å². The Labute approximate surface area is 121 Å². The van der Waals surface area contributed by atoms with Gasteiger partial charge in [-0.15, -0.1) is 5.10 Å². The Morgan fingerprint density at radius 1 is 1.10 bits per heavy atom. The molecule has 3 aromatic rings. The van der Waals surface area contributed by atoms with Gasteiger partial charge in [0.25, 0.3) is 0 Å². The van der Waals surface area contributed by atoms with Gasteiger partial charge in [-0.05, 0) is 35.9 Å². The predicted molar refractivity (Wildman–Crippen MR) is 78.5 cm³/mol.